The second kappa shape index (κ2) is 10.5. The van der Waals surface area contributed by atoms with Crippen molar-refractivity contribution in [3.63, 3.8) is 0 Å². The zero-order valence-electron chi connectivity index (χ0n) is 14.8. The quantitative estimate of drug-likeness (QED) is 0.384. The Bertz CT molecular complexity index is 669. The minimum absolute atomic E-state index is 0.00297. The molecule has 0 saturated heterocycles. The Morgan fingerprint density at radius 3 is 2.32 bits per heavy atom. The largest absolute Gasteiger partial charge is 0.494 e. The summed E-state index contributed by atoms with van der Waals surface area (Å²) in [5.41, 5.74) is 2.81. The second-order valence-corrected chi connectivity index (χ2v) is 6.12. The van der Waals surface area contributed by atoms with Crippen LogP contribution in [0.3, 0.4) is 0 Å². The van der Waals surface area contributed by atoms with Crippen LogP contribution in [-0.4, -0.2) is 24.1 Å². The SMILES string of the molecule is Cc1ccc(C(=O)/C=C/c2ccc(OCCCCCCO)cc2)cc1. The van der Waals surface area contributed by atoms with Crippen LogP contribution in [0.5, 0.6) is 5.75 Å². The van der Waals surface area contributed by atoms with Crippen LogP contribution in [0.25, 0.3) is 6.08 Å². The number of ketones is 1. The van der Waals surface area contributed by atoms with Crippen molar-refractivity contribution < 1.29 is 14.6 Å². The molecule has 0 aliphatic rings. The fourth-order valence-corrected chi connectivity index (χ4v) is 2.42. The Labute approximate surface area is 150 Å². The summed E-state index contributed by atoms with van der Waals surface area (Å²) in [5.74, 6) is 0.840. The van der Waals surface area contributed by atoms with E-state index in [1.807, 2.05) is 61.5 Å². The molecule has 0 fully saturated rings. The van der Waals surface area contributed by atoms with Gasteiger partial charge in [-0.05, 0) is 50.0 Å². The summed E-state index contributed by atoms with van der Waals surface area (Å²) >= 11 is 0. The van der Waals surface area contributed by atoms with E-state index in [-0.39, 0.29) is 12.4 Å². The van der Waals surface area contributed by atoms with Gasteiger partial charge in [0.2, 0.25) is 0 Å². The number of hydrogen-bond acceptors (Lipinski definition) is 3. The van der Waals surface area contributed by atoms with E-state index in [1.165, 1.54) is 0 Å². The van der Waals surface area contributed by atoms with Gasteiger partial charge in [-0.2, -0.15) is 0 Å². The Morgan fingerprint density at radius 2 is 1.64 bits per heavy atom. The van der Waals surface area contributed by atoms with Gasteiger partial charge in [0.05, 0.1) is 6.61 Å². The van der Waals surface area contributed by atoms with Crippen molar-refractivity contribution in [1.82, 2.24) is 0 Å². The minimum atomic E-state index is 0.00297. The lowest BCUT2D eigenvalue weighted by atomic mass is 10.1. The predicted octanol–water partition coefficient (Wildman–Crippen LogP) is 4.82. The second-order valence-electron chi connectivity index (χ2n) is 6.12. The lowest BCUT2D eigenvalue weighted by Crippen LogP contribution is -1.97. The molecule has 2 aromatic carbocycles. The Hall–Kier alpha value is -2.39. The van der Waals surface area contributed by atoms with Crippen LogP contribution in [0, 0.1) is 6.92 Å². The molecule has 132 valence electrons. The third-order valence-corrected chi connectivity index (χ3v) is 3.96. The zero-order chi connectivity index (χ0) is 17.9. The Morgan fingerprint density at radius 1 is 0.960 bits per heavy atom. The first kappa shape index (κ1) is 18.9. The van der Waals surface area contributed by atoms with Crippen LogP contribution >= 0.6 is 0 Å². The van der Waals surface area contributed by atoms with Crippen LogP contribution in [0.4, 0.5) is 0 Å². The molecule has 25 heavy (non-hydrogen) atoms. The van der Waals surface area contributed by atoms with E-state index < -0.39 is 0 Å². The monoisotopic (exact) mass is 338 g/mol. The summed E-state index contributed by atoms with van der Waals surface area (Å²) in [4.78, 5) is 12.1. The van der Waals surface area contributed by atoms with Gasteiger partial charge < -0.3 is 9.84 Å². The average Bonchev–Trinajstić information content (AvgIpc) is 2.64. The number of carbonyl (C=O) groups excluding carboxylic acids is 1. The van der Waals surface area contributed by atoms with Gasteiger partial charge >= 0.3 is 0 Å². The smallest absolute Gasteiger partial charge is 0.185 e. The first-order chi connectivity index (χ1) is 12.2. The highest BCUT2D eigenvalue weighted by molar-refractivity contribution is 6.06. The fourth-order valence-electron chi connectivity index (χ4n) is 2.42. The van der Waals surface area contributed by atoms with Crippen molar-refractivity contribution in [2.24, 2.45) is 0 Å². The lowest BCUT2D eigenvalue weighted by molar-refractivity contribution is 0.104. The first-order valence-corrected chi connectivity index (χ1v) is 8.82. The normalized spacial score (nSPS) is 11.0. The number of aliphatic hydroxyl groups excluding tert-OH is 1. The summed E-state index contributed by atoms with van der Waals surface area (Å²) in [6.45, 7) is 2.96. The van der Waals surface area contributed by atoms with Gasteiger partial charge in [-0.1, -0.05) is 54.5 Å². The van der Waals surface area contributed by atoms with Crippen molar-refractivity contribution >= 4 is 11.9 Å². The van der Waals surface area contributed by atoms with Crippen LogP contribution in [0.15, 0.2) is 54.6 Å². The molecule has 3 nitrogen and oxygen atoms in total. The van der Waals surface area contributed by atoms with Gasteiger partial charge in [-0.3, -0.25) is 4.79 Å². The number of unbranched alkanes of at least 4 members (excludes halogenated alkanes) is 3. The van der Waals surface area contributed by atoms with Crippen molar-refractivity contribution in [1.29, 1.82) is 0 Å². The average molecular weight is 338 g/mol. The maximum Gasteiger partial charge on any atom is 0.185 e. The van der Waals surface area contributed by atoms with Gasteiger partial charge in [0.25, 0.3) is 0 Å². The van der Waals surface area contributed by atoms with E-state index in [0.717, 1.165) is 42.6 Å². The van der Waals surface area contributed by atoms with E-state index in [1.54, 1.807) is 6.08 Å². The standard InChI is InChI=1S/C22H26O3/c1-18-6-11-20(12-7-18)22(24)15-10-19-8-13-21(14-9-19)25-17-5-3-2-4-16-23/h6-15,23H,2-5,16-17H2,1H3/b15-10+. The highest BCUT2D eigenvalue weighted by atomic mass is 16.5. The minimum Gasteiger partial charge on any atom is -0.494 e. The molecule has 0 heterocycles. The van der Waals surface area contributed by atoms with Gasteiger partial charge in [-0.25, -0.2) is 0 Å². The molecule has 0 saturated carbocycles. The van der Waals surface area contributed by atoms with E-state index >= 15 is 0 Å². The molecule has 0 atom stereocenters. The highest BCUT2D eigenvalue weighted by Crippen LogP contribution is 2.14. The molecule has 0 bridgehead atoms. The van der Waals surface area contributed by atoms with E-state index in [4.69, 9.17) is 9.84 Å². The Kier molecular flexibility index (Phi) is 7.93. The van der Waals surface area contributed by atoms with Gasteiger partial charge in [0.1, 0.15) is 5.75 Å². The summed E-state index contributed by atoms with van der Waals surface area (Å²) in [6.07, 6.45) is 7.39. The molecule has 0 radical (unpaired) electrons. The van der Waals surface area contributed by atoms with E-state index in [9.17, 15) is 4.79 Å². The molecular formula is C22H26O3. The first-order valence-electron chi connectivity index (χ1n) is 8.82. The van der Waals surface area contributed by atoms with Crippen LogP contribution in [-0.2, 0) is 0 Å². The van der Waals surface area contributed by atoms with Crippen LogP contribution in [0.2, 0.25) is 0 Å². The number of rotatable bonds is 10. The molecule has 2 rings (SSSR count). The van der Waals surface area contributed by atoms with Crippen molar-refractivity contribution in [2.45, 2.75) is 32.6 Å². The number of aryl methyl sites for hydroxylation is 1. The maximum absolute atomic E-state index is 12.1. The van der Waals surface area contributed by atoms with E-state index in [0.29, 0.717) is 12.2 Å². The summed E-state index contributed by atoms with van der Waals surface area (Å²) in [7, 11) is 0. The lowest BCUT2D eigenvalue weighted by Gasteiger charge is -2.06. The summed E-state index contributed by atoms with van der Waals surface area (Å²) in [5, 5.41) is 8.72. The Balaban J connectivity index is 1.79. The van der Waals surface area contributed by atoms with Crippen LogP contribution < -0.4 is 4.74 Å². The number of ether oxygens (including phenoxy) is 1. The molecule has 0 aliphatic heterocycles. The molecule has 2 aromatic rings. The van der Waals surface area contributed by atoms with Crippen molar-refractivity contribution in [2.75, 3.05) is 13.2 Å². The molecule has 1 N–H and O–H groups in total. The molecule has 0 amide bonds. The highest BCUT2D eigenvalue weighted by Gasteiger charge is 2.01. The van der Waals surface area contributed by atoms with E-state index in [2.05, 4.69) is 0 Å². The zero-order valence-corrected chi connectivity index (χ0v) is 14.8. The third kappa shape index (κ3) is 6.94. The number of benzene rings is 2. The topological polar surface area (TPSA) is 46.5 Å². The molecule has 0 aliphatic carbocycles. The van der Waals surface area contributed by atoms with Crippen molar-refractivity contribution in [3.8, 4) is 5.75 Å². The number of allylic oxidation sites excluding steroid dienone is 1. The predicted molar refractivity (Wildman–Crippen MR) is 102 cm³/mol. The van der Waals surface area contributed by atoms with Crippen molar-refractivity contribution in [3.05, 3.63) is 71.3 Å². The van der Waals surface area contributed by atoms with Gasteiger partial charge in [0, 0.05) is 12.2 Å². The fraction of sp³-hybridized carbons (Fsp3) is 0.318. The van der Waals surface area contributed by atoms with Gasteiger partial charge in [0.15, 0.2) is 5.78 Å². The number of aliphatic hydroxyl groups is 1. The summed E-state index contributed by atoms with van der Waals surface area (Å²) in [6, 6.07) is 15.3. The molecular weight excluding hydrogens is 312 g/mol. The maximum atomic E-state index is 12.1. The van der Waals surface area contributed by atoms with Gasteiger partial charge in [-0.15, -0.1) is 0 Å². The molecule has 3 heteroatoms. The number of hydrogen-bond donors (Lipinski definition) is 1. The summed E-state index contributed by atoms with van der Waals surface area (Å²) < 4.78 is 5.69. The molecule has 0 unspecified atom stereocenters. The molecule has 0 spiro atoms. The number of carbonyl (C=O) groups is 1. The van der Waals surface area contributed by atoms with Crippen LogP contribution in [0.1, 0.15) is 47.2 Å². The molecule has 0 aromatic heterocycles. The third-order valence-electron chi connectivity index (χ3n) is 3.96.